The molecule has 0 radical (unpaired) electrons. The number of carbonyl (C=O) groups excluding carboxylic acids is 1. The van der Waals surface area contributed by atoms with Gasteiger partial charge < -0.3 is 20.1 Å². The Morgan fingerprint density at radius 1 is 0.918 bits per heavy atom. The quantitative estimate of drug-likeness (QED) is 0.231. The number of carboxylic acids is 1. The third-order valence-corrected chi connectivity index (χ3v) is 9.17. The number of aliphatic carboxylic acids is 1. The van der Waals surface area contributed by atoms with E-state index < -0.39 is 39.8 Å². The number of hydrogen-bond donors (Lipinski definition) is 3. The van der Waals surface area contributed by atoms with Gasteiger partial charge in [0.1, 0.15) is 5.75 Å². The van der Waals surface area contributed by atoms with E-state index in [4.69, 9.17) is 14.6 Å². The number of halogens is 6. The fourth-order valence-electron chi connectivity index (χ4n) is 5.05. The van der Waals surface area contributed by atoms with E-state index in [0.717, 1.165) is 44.7 Å². The van der Waals surface area contributed by atoms with Gasteiger partial charge in [-0.05, 0) is 72.9 Å². The van der Waals surface area contributed by atoms with E-state index in [2.05, 4.69) is 19.8 Å². The van der Waals surface area contributed by atoms with Gasteiger partial charge in [-0.25, -0.2) is 13.2 Å². The summed E-state index contributed by atoms with van der Waals surface area (Å²) in [5.41, 5.74) is 0.259. The molecule has 5 rings (SSSR count). The van der Waals surface area contributed by atoms with Gasteiger partial charge in [0.2, 0.25) is 0 Å². The molecule has 1 amide bonds. The molecule has 1 heterocycles. The summed E-state index contributed by atoms with van der Waals surface area (Å²) in [5, 5.41) is 9.61. The number of methoxy groups -OCH3 is 1. The van der Waals surface area contributed by atoms with Crippen LogP contribution < -0.4 is 19.7 Å². The summed E-state index contributed by atoms with van der Waals surface area (Å²) in [4.78, 5) is 26.1. The van der Waals surface area contributed by atoms with Crippen LogP contribution in [0.1, 0.15) is 34.3 Å². The van der Waals surface area contributed by atoms with E-state index >= 15 is 0 Å². The van der Waals surface area contributed by atoms with E-state index in [1.807, 2.05) is 0 Å². The first-order valence-electron chi connectivity index (χ1n) is 15.0. The third kappa shape index (κ3) is 10.5. The lowest BCUT2D eigenvalue weighted by molar-refractivity contribution is -0.192. The molecule has 0 unspecified atom stereocenters. The highest BCUT2D eigenvalue weighted by molar-refractivity contribution is 7.92. The lowest BCUT2D eigenvalue weighted by Crippen LogP contribution is -2.47. The molecule has 3 N–H and O–H groups in total. The SMILES string of the molecule is COc1ccc(S(=O)(=O)Nc2ccc(C(=O)NCc3ccccc3C(F)(F)F)cc2)cc1N1CCN(CC2CC2)CC1.O=C(O)C(F)(F)F. The summed E-state index contributed by atoms with van der Waals surface area (Å²) >= 11 is 0. The Hall–Kier alpha value is -4.51. The van der Waals surface area contributed by atoms with Gasteiger partial charge in [-0.2, -0.15) is 26.3 Å². The lowest BCUT2D eigenvalue weighted by Gasteiger charge is -2.36. The molecule has 0 atom stereocenters. The highest BCUT2D eigenvalue weighted by atomic mass is 32.2. The molecule has 3 aromatic carbocycles. The summed E-state index contributed by atoms with van der Waals surface area (Å²) < 4.78 is 106. The zero-order valence-corrected chi connectivity index (χ0v) is 27.0. The van der Waals surface area contributed by atoms with Gasteiger partial charge in [-0.1, -0.05) is 18.2 Å². The van der Waals surface area contributed by atoms with Crippen LogP contribution in [0.5, 0.6) is 5.75 Å². The number of hydrogen-bond acceptors (Lipinski definition) is 7. The van der Waals surface area contributed by atoms with Gasteiger partial charge in [-0.3, -0.25) is 14.4 Å². The van der Waals surface area contributed by atoms with Gasteiger partial charge >= 0.3 is 18.3 Å². The number of nitrogens with zero attached hydrogens (tertiary/aromatic N) is 2. The number of carboxylic acid groups (broad SMARTS) is 1. The Labute approximate surface area is 278 Å². The van der Waals surface area contributed by atoms with Crippen LogP contribution in [-0.2, 0) is 27.5 Å². The molecule has 0 aromatic heterocycles. The molecule has 0 spiro atoms. The molecule has 1 saturated carbocycles. The first-order valence-corrected chi connectivity index (χ1v) is 16.5. The number of alkyl halides is 6. The van der Waals surface area contributed by atoms with E-state index in [1.54, 1.807) is 19.2 Å². The molecular weight excluding hydrogens is 682 g/mol. The molecule has 1 saturated heterocycles. The summed E-state index contributed by atoms with van der Waals surface area (Å²) in [6.07, 6.45) is -7.01. The van der Waals surface area contributed by atoms with Gasteiger partial charge in [0.05, 0.1) is 23.3 Å². The number of rotatable bonds is 10. The highest BCUT2D eigenvalue weighted by Gasteiger charge is 2.38. The van der Waals surface area contributed by atoms with Crippen LogP contribution >= 0.6 is 0 Å². The smallest absolute Gasteiger partial charge is 0.490 e. The molecule has 1 aliphatic carbocycles. The maximum atomic E-state index is 13.3. The lowest BCUT2D eigenvalue weighted by atomic mass is 10.1. The molecular formula is C32H34F6N4O6S. The van der Waals surface area contributed by atoms with Crippen molar-refractivity contribution in [2.45, 2.75) is 36.6 Å². The molecule has 2 fully saturated rings. The van der Waals surface area contributed by atoms with Crippen LogP contribution in [0.4, 0.5) is 37.7 Å². The average molecular weight is 717 g/mol. The Balaban J connectivity index is 0.000000698. The van der Waals surface area contributed by atoms with Gasteiger partial charge in [0.25, 0.3) is 15.9 Å². The number of benzene rings is 3. The Morgan fingerprint density at radius 3 is 2.08 bits per heavy atom. The molecule has 10 nitrogen and oxygen atoms in total. The normalized spacial score (nSPS) is 15.5. The molecule has 2 aliphatic rings. The number of ether oxygens (including phenoxy) is 1. The molecule has 3 aromatic rings. The van der Waals surface area contributed by atoms with Crippen LogP contribution in [0.25, 0.3) is 0 Å². The Morgan fingerprint density at radius 2 is 1.53 bits per heavy atom. The number of carbonyl (C=O) groups is 2. The second-order valence-corrected chi connectivity index (χ2v) is 13.1. The first kappa shape index (κ1) is 37.3. The topological polar surface area (TPSA) is 128 Å². The van der Waals surface area contributed by atoms with Gasteiger partial charge in [-0.15, -0.1) is 0 Å². The second-order valence-electron chi connectivity index (χ2n) is 11.4. The fourth-order valence-corrected chi connectivity index (χ4v) is 6.13. The predicted octanol–water partition coefficient (Wildman–Crippen LogP) is 5.61. The molecule has 49 heavy (non-hydrogen) atoms. The van der Waals surface area contributed by atoms with Gasteiger partial charge in [0.15, 0.2) is 0 Å². The standard InChI is InChI=1S/C30H33F3N4O4S.C2HF3O2/c1-41-28-13-12-25(18-27(28)37-16-14-36(15-17-37)20-21-6-7-21)42(39,40)35-24-10-8-22(9-11-24)29(38)34-19-23-4-2-3-5-26(23)30(31,32)33;3-2(4,5)1(6)7/h2-5,8-13,18,21,35H,6-7,14-17,19-20H2,1H3,(H,34,38);(H,6,7). The van der Waals surface area contributed by atoms with Crippen molar-refractivity contribution in [1.82, 2.24) is 10.2 Å². The molecule has 0 bridgehead atoms. The zero-order chi connectivity index (χ0) is 36.0. The minimum atomic E-state index is -5.08. The van der Waals surface area contributed by atoms with Crippen molar-refractivity contribution in [2.75, 3.05) is 49.5 Å². The second kappa shape index (κ2) is 15.4. The van der Waals surface area contributed by atoms with Crippen LogP contribution in [-0.4, -0.2) is 76.3 Å². The van der Waals surface area contributed by atoms with Crippen molar-refractivity contribution >= 4 is 33.3 Å². The number of piperazine rings is 1. The largest absolute Gasteiger partial charge is 0.495 e. The number of sulfonamides is 1. The fraction of sp³-hybridized carbons (Fsp3) is 0.375. The van der Waals surface area contributed by atoms with Crippen LogP contribution in [0.15, 0.2) is 71.6 Å². The van der Waals surface area contributed by atoms with Crippen molar-refractivity contribution in [3.8, 4) is 5.75 Å². The molecule has 266 valence electrons. The maximum Gasteiger partial charge on any atom is 0.490 e. The Bertz CT molecular complexity index is 1720. The summed E-state index contributed by atoms with van der Waals surface area (Å²) in [6, 6.07) is 15.4. The maximum absolute atomic E-state index is 13.3. The van der Waals surface area contributed by atoms with Crippen LogP contribution in [0.3, 0.4) is 0 Å². The summed E-state index contributed by atoms with van der Waals surface area (Å²) in [7, 11) is -2.41. The van der Waals surface area contributed by atoms with Crippen LogP contribution in [0.2, 0.25) is 0 Å². The van der Waals surface area contributed by atoms with Crippen molar-refractivity contribution in [3.63, 3.8) is 0 Å². The zero-order valence-electron chi connectivity index (χ0n) is 26.1. The predicted molar refractivity (Wildman–Crippen MR) is 168 cm³/mol. The number of anilines is 2. The van der Waals surface area contributed by atoms with E-state index in [9.17, 15) is 39.6 Å². The van der Waals surface area contributed by atoms with E-state index in [1.165, 1.54) is 61.4 Å². The number of amides is 1. The average Bonchev–Trinajstić information content (AvgIpc) is 3.87. The summed E-state index contributed by atoms with van der Waals surface area (Å²) in [6.45, 7) is 4.16. The third-order valence-electron chi connectivity index (χ3n) is 7.79. The summed E-state index contributed by atoms with van der Waals surface area (Å²) in [5.74, 6) is -1.93. The first-order chi connectivity index (χ1) is 23.0. The van der Waals surface area contributed by atoms with Crippen molar-refractivity contribution in [2.24, 2.45) is 5.92 Å². The molecule has 17 heteroatoms. The van der Waals surface area contributed by atoms with E-state index in [0.29, 0.717) is 11.4 Å². The minimum Gasteiger partial charge on any atom is -0.495 e. The van der Waals surface area contributed by atoms with Gasteiger partial charge in [0, 0.05) is 50.5 Å². The molecule has 1 aliphatic heterocycles. The van der Waals surface area contributed by atoms with Crippen LogP contribution in [0, 0.1) is 5.92 Å². The minimum absolute atomic E-state index is 0.0540. The van der Waals surface area contributed by atoms with Crippen molar-refractivity contribution in [1.29, 1.82) is 0 Å². The van der Waals surface area contributed by atoms with Crippen molar-refractivity contribution in [3.05, 3.63) is 83.4 Å². The Kier molecular flexibility index (Phi) is 11.7. The van der Waals surface area contributed by atoms with E-state index in [-0.39, 0.29) is 28.3 Å². The number of nitrogens with one attached hydrogen (secondary N) is 2. The highest BCUT2D eigenvalue weighted by Crippen LogP contribution is 2.34. The monoisotopic (exact) mass is 716 g/mol. The van der Waals surface area contributed by atoms with Crippen molar-refractivity contribution < 1.29 is 54.2 Å².